The van der Waals surface area contributed by atoms with Gasteiger partial charge in [0.05, 0.1) is 0 Å². The number of hydrogen-bond donors (Lipinski definition) is 0. The summed E-state index contributed by atoms with van der Waals surface area (Å²) in [7, 11) is 0. The van der Waals surface area contributed by atoms with E-state index in [2.05, 4.69) is 142 Å². The molecule has 0 aliphatic carbocycles. The maximum atomic E-state index is 12.8. The second-order valence-corrected chi connectivity index (χ2v) is 17.0. The highest BCUT2D eigenvalue weighted by molar-refractivity contribution is 5.71. The third kappa shape index (κ3) is 50.8. The summed E-state index contributed by atoms with van der Waals surface area (Å²) >= 11 is 0. The van der Waals surface area contributed by atoms with Gasteiger partial charge in [0.1, 0.15) is 13.2 Å². The minimum absolute atomic E-state index is 0.109. The van der Waals surface area contributed by atoms with Crippen molar-refractivity contribution in [3.8, 4) is 0 Å². The number of carbonyl (C=O) groups is 3. The Morgan fingerprint density at radius 2 is 0.606 bits per heavy atom. The van der Waals surface area contributed by atoms with Crippen LogP contribution in [-0.2, 0) is 28.6 Å². The molecule has 0 heterocycles. The van der Waals surface area contributed by atoms with Gasteiger partial charge in [0.25, 0.3) is 0 Å². The summed E-state index contributed by atoms with van der Waals surface area (Å²) in [6.45, 7) is 6.32. The molecule has 0 amide bonds. The normalized spacial score (nSPS) is 13.1. The molecular formula is C60H96O6. The van der Waals surface area contributed by atoms with Crippen LogP contribution in [0.25, 0.3) is 0 Å². The number of allylic oxidation sites excluding steroid dienone is 20. The van der Waals surface area contributed by atoms with E-state index >= 15 is 0 Å². The SMILES string of the molecule is CC/C=C\C/C=C\C/C=C\C/C=C\C/C=C\CCCCCCCC(=O)OCC(COC(=O)CCCCCCCCCCCC)OC(=O)CCC/C=C\C/C=C\C/C=C\C/C=C\C/C=C\CC. The lowest BCUT2D eigenvalue weighted by Gasteiger charge is -2.18. The van der Waals surface area contributed by atoms with Crippen LogP contribution in [0.15, 0.2) is 122 Å². The monoisotopic (exact) mass is 913 g/mol. The Kier molecular flexibility index (Phi) is 50.0. The molecule has 0 aromatic rings. The standard InChI is InChI=1S/C60H96O6/c1-4-7-10-13-16-19-22-24-26-28-29-30-31-33-34-36-38-41-44-47-50-53-59(62)65-56-57(55-64-58(61)52-49-46-43-40-21-18-15-12-9-6-3)66-60(63)54-51-48-45-42-39-37-35-32-27-25-23-20-17-14-11-8-5-2/h7-8,10-11,16-17,19-20,24-27,29-30,33-35,37,42,45,57H,4-6,9,12-15,18,21-23,28,31-32,36,38-41,43-44,46-56H2,1-3H3/b10-7-,11-8-,19-16-,20-17-,26-24-,27-25-,30-29-,34-33-,37-35-,45-42-. The van der Waals surface area contributed by atoms with E-state index in [1.165, 1.54) is 44.9 Å². The van der Waals surface area contributed by atoms with Crippen molar-refractivity contribution in [2.45, 2.75) is 226 Å². The average Bonchev–Trinajstić information content (AvgIpc) is 3.31. The van der Waals surface area contributed by atoms with Crippen molar-refractivity contribution in [1.82, 2.24) is 0 Å². The van der Waals surface area contributed by atoms with Crippen LogP contribution in [0.1, 0.15) is 220 Å². The highest BCUT2D eigenvalue weighted by atomic mass is 16.6. The third-order valence-electron chi connectivity index (χ3n) is 10.7. The van der Waals surface area contributed by atoms with Gasteiger partial charge in [-0.05, 0) is 103 Å². The molecule has 0 fully saturated rings. The second kappa shape index (κ2) is 53.4. The summed E-state index contributed by atoms with van der Waals surface area (Å²) in [5.41, 5.74) is 0. The molecule has 0 aromatic heterocycles. The van der Waals surface area contributed by atoms with Gasteiger partial charge in [-0.15, -0.1) is 0 Å². The van der Waals surface area contributed by atoms with Gasteiger partial charge in [0.2, 0.25) is 0 Å². The second-order valence-electron chi connectivity index (χ2n) is 17.0. The van der Waals surface area contributed by atoms with E-state index in [0.29, 0.717) is 19.3 Å². The summed E-state index contributed by atoms with van der Waals surface area (Å²) in [6, 6.07) is 0. The molecule has 372 valence electrons. The number of esters is 3. The molecule has 66 heavy (non-hydrogen) atoms. The van der Waals surface area contributed by atoms with Gasteiger partial charge >= 0.3 is 17.9 Å². The van der Waals surface area contributed by atoms with Crippen LogP contribution < -0.4 is 0 Å². The number of hydrogen-bond acceptors (Lipinski definition) is 6. The molecule has 0 saturated carbocycles. The first-order valence-electron chi connectivity index (χ1n) is 26.5. The fourth-order valence-electron chi connectivity index (χ4n) is 6.80. The predicted octanol–water partition coefficient (Wildman–Crippen LogP) is 17.7. The Bertz CT molecular complexity index is 1420. The van der Waals surface area contributed by atoms with Gasteiger partial charge in [-0.25, -0.2) is 0 Å². The molecule has 6 nitrogen and oxygen atoms in total. The lowest BCUT2D eigenvalue weighted by Crippen LogP contribution is -2.30. The Morgan fingerprint density at radius 1 is 0.318 bits per heavy atom. The zero-order chi connectivity index (χ0) is 47.9. The van der Waals surface area contributed by atoms with Gasteiger partial charge < -0.3 is 14.2 Å². The molecule has 0 aliphatic rings. The van der Waals surface area contributed by atoms with Gasteiger partial charge in [-0.3, -0.25) is 14.4 Å². The topological polar surface area (TPSA) is 78.9 Å². The summed E-state index contributed by atoms with van der Waals surface area (Å²) in [4.78, 5) is 38.0. The Morgan fingerprint density at radius 3 is 0.970 bits per heavy atom. The van der Waals surface area contributed by atoms with Crippen LogP contribution in [-0.4, -0.2) is 37.2 Å². The molecule has 0 saturated heterocycles. The van der Waals surface area contributed by atoms with Crippen LogP contribution >= 0.6 is 0 Å². The van der Waals surface area contributed by atoms with Gasteiger partial charge in [0.15, 0.2) is 6.10 Å². The number of unbranched alkanes of at least 4 members (excludes halogenated alkanes) is 15. The van der Waals surface area contributed by atoms with Gasteiger partial charge in [0, 0.05) is 19.3 Å². The van der Waals surface area contributed by atoms with E-state index in [1.807, 2.05) is 0 Å². The minimum Gasteiger partial charge on any atom is -0.462 e. The summed E-state index contributed by atoms with van der Waals surface area (Å²) in [6.07, 6.45) is 73.3. The summed E-state index contributed by atoms with van der Waals surface area (Å²) in [5, 5.41) is 0. The molecular weight excluding hydrogens is 817 g/mol. The Labute approximate surface area is 405 Å². The first-order chi connectivity index (χ1) is 32.5. The first-order valence-corrected chi connectivity index (χ1v) is 26.5. The van der Waals surface area contributed by atoms with Crippen molar-refractivity contribution in [3.63, 3.8) is 0 Å². The molecule has 1 atom stereocenters. The fraction of sp³-hybridized carbons (Fsp3) is 0.617. The zero-order valence-electron chi connectivity index (χ0n) is 42.4. The van der Waals surface area contributed by atoms with E-state index in [-0.39, 0.29) is 37.5 Å². The largest absolute Gasteiger partial charge is 0.462 e. The molecule has 0 rings (SSSR count). The number of ether oxygens (including phenoxy) is 3. The highest BCUT2D eigenvalue weighted by Crippen LogP contribution is 2.13. The molecule has 0 aliphatic heterocycles. The highest BCUT2D eigenvalue weighted by Gasteiger charge is 2.19. The average molecular weight is 913 g/mol. The quantitative estimate of drug-likeness (QED) is 0.0262. The third-order valence-corrected chi connectivity index (χ3v) is 10.7. The molecule has 0 spiro atoms. The Hall–Kier alpha value is -4.19. The number of carbonyl (C=O) groups excluding carboxylic acids is 3. The van der Waals surface area contributed by atoms with Crippen molar-refractivity contribution >= 4 is 17.9 Å². The molecule has 0 N–H and O–H groups in total. The van der Waals surface area contributed by atoms with E-state index in [4.69, 9.17) is 14.2 Å². The van der Waals surface area contributed by atoms with Crippen molar-refractivity contribution in [2.24, 2.45) is 0 Å². The van der Waals surface area contributed by atoms with Crippen LogP contribution in [0.5, 0.6) is 0 Å². The summed E-state index contributed by atoms with van der Waals surface area (Å²) < 4.78 is 16.7. The van der Waals surface area contributed by atoms with E-state index < -0.39 is 6.10 Å². The van der Waals surface area contributed by atoms with Crippen molar-refractivity contribution in [3.05, 3.63) is 122 Å². The van der Waals surface area contributed by atoms with E-state index in [9.17, 15) is 14.4 Å². The lowest BCUT2D eigenvalue weighted by atomic mass is 10.1. The zero-order valence-corrected chi connectivity index (χ0v) is 42.4. The maximum absolute atomic E-state index is 12.8. The van der Waals surface area contributed by atoms with Crippen LogP contribution in [0, 0.1) is 0 Å². The minimum atomic E-state index is -0.817. The molecule has 0 radical (unpaired) electrons. The van der Waals surface area contributed by atoms with Crippen molar-refractivity contribution in [1.29, 1.82) is 0 Å². The molecule has 0 aromatic carbocycles. The van der Waals surface area contributed by atoms with E-state index in [1.54, 1.807) is 0 Å². The van der Waals surface area contributed by atoms with Crippen molar-refractivity contribution in [2.75, 3.05) is 13.2 Å². The fourth-order valence-corrected chi connectivity index (χ4v) is 6.80. The van der Waals surface area contributed by atoms with Crippen LogP contribution in [0.4, 0.5) is 0 Å². The summed E-state index contributed by atoms with van der Waals surface area (Å²) in [5.74, 6) is -0.995. The smallest absolute Gasteiger partial charge is 0.306 e. The van der Waals surface area contributed by atoms with Gasteiger partial charge in [-0.1, -0.05) is 219 Å². The van der Waals surface area contributed by atoms with Gasteiger partial charge in [-0.2, -0.15) is 0 Å². The molecule has 0 bridgehead atoms. The lowest BCUT2D eigenvalue weighted by molar-refractivity contribution is -0.167. The van der Waals surface area contributed by atoms with Crippen LogP contribution in [0.2, 0.25) is 0 Å². The predicted molar refractivity (Wildman–Crippen MR) is 283 cm³/mol. The van der Waals surface area contributed by atoms with Crippen LogP contribution in [0.3, 0.4) is 0 Å². The molecule has 6 heteroatoms. The Balaban J connectivity index is 4.48. The van der Waals surface area contributed by atoms with Crippen molar-refractivity contribution < 1.29 is 28.6 Å². The van der Waals surface area contributed by atoms with E-state index in [0.717, 1.165) is 128 Å². The molecule has 1 unspecified atom stereocenters. The number of rotatable bonds is 46. The maximum Gasteiger partial charge on any atom is 0.306 e. The first kappa shape index (κ1) is 61.8.